The average molecular weight is 425 g/mol. The minimum Gasteiger partial charge on any atom is -0.334 e. The van der Waals surface area contributed by atoms with E-state index in [4.69, 9.17) is 5.84 Å². The molecule has 5 N–H and O–H groups in total. The van der Waals surface area contributed by atoms with Crippen LogP contribution in [0.3, 0.4) is 0 Å². The summed E-state index contributed by atoms with van der Waals surface area (Å²) in [5.74, 6) is 5.78. The maximum absolute atomic E-state index is 12.2. The Morgan fingerprint density at radius 2 is 2.00 bits per heavy atom. The van der Waals surface area contributed by atoms with Crippen LogP contribution in [-0.2, 0) is 9.59 Å². The molecule has 3 rings (SSSR count). The Morgan fingerprint density at radius 1 is 1.20 bits per heavy atom. The van der Waals surface area contributed by atoms with E-state index in [0.29, 0.717) is 16.5 Å². The lowest BCUT2D eigenvalue weighted by Crippen LogP contribution is -2.17. The van der Waals surface area contributed by atoms with Gasteiger partial charge >= 0.3 is 0 Å². The number of thioether (sulfide) groups is 1. The minimum atomic E-state index is -0.257. The van der Waals surface area contributed by atoms with Gasteiger partial charge in [-0.1, -0.05) is 23.9 Å². The number of nitrogens with zero attached hydrogens (tertiary/aromatic N) is 5. The van der Waals surface area contributed by atoms with Gasteiger partial charge in [-0.05, 0) is 24.3 Å². The van der Waals surface area contributed by atoms with Crippen molar-refractivity contribution in [3.05, 3.63) is 54.4 Å². The molecule has 11 nitrogen and oxygen atoms in total. The summed E-state index contributed by atoms with van der Waals surface area (Å²) >= 11 is 1.12. The van der Waals surface area contributed by atoms with Gasteiger partial charge in [0.2, 0.25) is 17.0 Å². The second-order valence-electron chi connectivity index (χ2n) is 5.93. The molecule has 2 heterocycles. The van der Waals surface area contributed by atoms with E-state index in [1.54, 1.807) is 48.9 Å². The number of hydrazone groups is 1. The second kappa shape index (κ2) is 10.0. The summed E-state index contributed by atoms with van der Waals surface area (Å²) in [7, 11) is 0. The number of nitrogens with two attached hydrogens (primary N) is 1. The Bertz CT molecular complexity index is 1050. The molecule has 0 fully saturated rings. The van der Waals surface area contributed by atoms with E-state index in [-0.39, 0.29) is 23.5 Å². The van der Waals surface area contributed by atoms with Crippen LogP contribution in [0.5, 0.6) is 0 Å². The Balaban J connectivity index is 1.52. The van der Waals surface area contributed by atoms with Gasteiger partial charge in [0.15, 0.2) is 0 Å². The Labute approximate surface area is 176 Å². The zero-order chi connectivity index (χ0) is 21.3. The van der Waals surface area contributed by atoms with Crippen LogP contribution in [0, 0.1) is 0 Å². The van der Waals surface area contributed by atoms with E-state index in [1.807, 2.05) is 6.07 Å². The first-order valence-corrected chi connectivity index (χ1v) is 9.70. The normalized spacial score (nSPS) is 10.7. The number of carbonyl (C=O) groups excluding carboxylic acids is 2. The summed E-state index contributed by atoms with van der Waals surface area (Å²) in [6.07, 6.45) is 4.89. The van der Waals surface area contributed by atoms with Crippen molar-refractivity contribution >= 4 is 47.1 Å². The highest BCUT2D eigenvalue weighted by Crippen LogP contribution is 2.19. The van der Waals surface area contributed by atoms with Crippen molar-refractivity contribution in [2.45, 2.75) is 12.1 Å². The summed E-state index contributed by atoms with van der Waals surface area (Å²) < 4.78 is 1.20. The molecule has 154 valence electrons. The number of rotatable bonds is 8. The molecule has 0 saturated heterocycles. The molecule has 3 aromatic rings. The summed E-state index contributed by atoms with van der Waals surface area (Å²) in [6, 6.07) is 10.5. The molecule has 0 aliphatic heterocycles. The molecule has 2 aromatic heterocycles. The van der Waals surface area contributed by atoms with E-state index < -0.39 is 0 Å². The Morgan fingerprint density at radius 3 is 2.73 bits per heavy atom. The van der Waals surface area contributed by atoms with Crippen LogP contribution in [0.25, 0.3) is 0 Å². The topological polar surface area (TPSA) is 152 Å². The van der Waals surface area contributed by atoms with Gasteiger partial charge in [-0.3, -0.25) is 14.6 Å². The summed E-state index contributed by atoms with van der Waals surface area (Å²) in [4.78, 5) is 27.3. The number of hydrogen-bond donors (Lipinski definition) is 4. The predicted molar refractivity (Wildman–Crippen MR) is 116 cm³/mol. The number of anilines is 3. The molecule has 0 aliphatic rings. The summed E-state index contributed by atoms with van der Waals surface area (Å²) in [6.45, 7) is 1.41. The van der Waals surface area contributed by atoms with Gasteiger partial charge in [-0.2, -0.15) is 5.10 Å². The van der Waals surface area contributed by atoms with Gasteiger partial charge in [-0.15, -0.1) is 10.2 Å². The molecule has 0 bridgehead atoms. The number of hydrogen-bond acceptors (Lipinski definition) is 9. The minimum absolute atomic E-state index is 0.0681. The molecule has 1 aromatic carbocycles. The molecule has 30 heavy (non-hydrogen) atoms. The number of amides is 2. The third-order valence-electron chi connectivity index (χ3n) is 3.53. The quantitative estimate of drug-likeness (QED) is 0.183. The van der Waals surface area contributed by atoms with Gasteiger partial charge in [0.05, 0.1) is 12.0 Å². The van der Waals surface area contributed by atoms with Gasteiger partial charge in [0, 0.05) is 36.3 Å². The fourth-order valence-electron chi connectivity index (χ4n) is 2.27. The second-order valence-corrected chi connectivity index (χ2v) is 6.87. The van der Waals surface area contributed by atoms with Crippen molar-refractivity contribution in [2.75, 3.05) is 27.7 Å². The van der Waals surface area contributed by atoms with E-state index in [0.717, 1.165) is 17.3 Å². The lowest BCUT2D eigenvalue weighted by molar-refractivity contribution is -0.114. The van der Waals surface area contributed by atoms with Crippen molar-refractivity contribution in [2.24, 2.45) is 5.10 Å². The standard InChI is InChI=1S/C18H19N9O2S/c1-12(28)22-14-5-2-6-15(8-14)23-16(29)11-30-18-26-25-17(27(18)19)24-21-10-13-4-3-7-20-9-13/h2-10H,11,19H2,1H3,(H,22,28)(H,23,29)(H,24,25)/b21-10+. The first-order valence-electron chi connectivity index (χ1n) is 8.71. The lowest BCUT2D eigenvalue weighted by atomic mass is 10.2. The van der Waals surface area contributed by atoms with Gasteiger partial charge in [-0.25, -0.2) is 10.1 Å². The van der Waals surface area contributed by atoms with Crippen molar-refractivity contribution in [3.8, 4) is 0 Å². The summed E-state index contributed by atoms with van der Waals surface area (Å²) in [5.41, 5.74) is 4.65. The first kappa shape index (κ1) is 20.8. The predicted octanol–water partition coefficient (Wildman–Crippen LogP) is 1.52. The Hall–Kier alpha value is -3.93. The SMILES string of the molecule is CC(=O)Nc1cccc(NC(=O)CSc2nnc(N/N=C/c3cccnc3)n2N)c1. The zero-order valence-electron chi connectivity index (χ0n) is 15.9. The zero-order valence-corrected chi connectivity index (χ0v) is 16.8. The Kier molecular flexibility index (Phi) is 6.95. The van der Waals surface area contributed by atoms with E-state index in [1.165, 1.54) is 11.6 Å². The molecule has 0 atom stereocenters. The summed E-state index contributed by atoms with van der Waals surface area (Å²) in [5, 5.41) is 17.6. The number of pyridine rings is 1. The third kappa shape index (κ3) is 6.04. The molecule has 0 aliphatic carbocycles. The largest absolute Gasteiger partial charge is 0.334 e. The van der Waals surface area contributed by atoms with E-state index in [9.17, 15) is 9.59 Å². The first-order chi connectivity index (χ1) is 14.5. The number of aromatic nitrogens is 4. The maximum Gasteiger partial charge on any atom is 0.264 e. The fourth-order valence-corrected chi connectivity index (χ4v) is 2.93. The van der Waals surface area contributed by atoms with Gasteiger partial charge in [0.25, 0.3) is 5.95 Å². The molecule has 0 saturated carbocycles. The third-order valence-corrected chi connectivity index (χ3v) is 4.47. The average Bonchev–Trinajstić information content (AvgIpc) is 3.07. The highest BCUT2D eigenvalue weighted by Gasteiger charge is 2.12. The van der Waals surface area contributed by atoms with Gasteiger partial charge in [0.1, 0.15) is 0 Å². The monoisotopic (exact) mass is 425 g/mol. The van der Waals surface area contributed by atoms with Crippen LogP contribution in [0.15, 0.2) is 59.0 Å². The van der Waals surface area contributed by atoms with Crippen LogP contribution in [0.2, 0.25) is 0 Å². The molecule has 0 unspecified atom stereocenters. The molecule has 2 amide bonds. The van der Waals surface area contributed by atoms with Crippen LogP contribution >= 0.6 is 11.8 Å². The number of nitrogens with one attached hydrogen (secondary N) is 3. The number of nitrogen functional groups attached to an aromatic ring is 1. The molecule has 0 spiro atoms. The van der Waals surface area contributed by atoms with Crippen molar-refractivity contribution < 1.29 is 9.59 Å². The van der Waals surface area contributed by atoms with Crippen molar-refractivity contribution in [1.29, 1.82) is 0 Å². The number of carbonyl (C=O) groups is 2. The molecule has 0 radical (unpaired) electrons. The van der Waals surface area contributed by atoms with Crippen LogP contribution < -0.4 is 21.9 Å². The molecular formula is C18H19N9O2S. The van der Waals surface area contributed by atoms with Crippen LogP contribution in [0.4, 0.5) is 17.3 Å². The van der Waals surface area contributed by atoms with Crippen molar-refractivity contribution in [3.63, 3.8) is 0 Å². The van der Waals surface area contributed by atoms with Crippen LogP contribution in [-0.4, -0.2) is 43.6 Å². The van der Waals surface area contributed by atoms with Crippen LogP contribution in [0.1, 0.15) is 12.5 Å². The highest BCUT2D eigenvalue weighted by atomic mass is 32.2. The smallest absolute Gasteiger partial charge is 0.264 e. The molecular weight excluding hydrogens is 406 g/mol. The van der Waals surface area contributed by atoms with Gasteiger partial charge < -0.3 is 16.5 Å². The maximum atomic E-state index is 12.2. The van der Waals surface area contributed by atoms with E-state index >= 15 is 0 Å². The fraction of sp³-hybridized carbons (Fsp3) is 0.111. The molecule has 12 heteroatoms. The van der Waals surface area contributed by atoms with E-state index in [2.05, 4.69) is 36.3 Å². The highest BCUT2D eigenvalue weighted by molar-refractivity contribution is 7.99. The van der Waals surface area contributed by atoms with Crippen molar-refractivity contribution in [1.82, 2.24) is 19.9 Å². The lowest BCUT2D eigenvalue weighted by Gasteiger charge is -2.07. The number of benzene rings is 1.